The second-order valence-electron chi connectivity index (χ2n) is 3.30. The van der Waals surface area contributed by atoms with Gasteiger partial charge in [0.15, 0.2) is 17.4 Å². The maximum absolute atomic E-state index is 13.4. The van der Waals surface area contributed by atoms with E-state index in [1.165, 1.54) is 30.5 Å². The first-order valence-electron chi connectivity index (χ1n) is 4.70. The van der Waals surface area contributed by atoms with Gasteiger partial charge >= 0.3 is 0 Å². The minimum atomic E-state index is -1.16. The predicted molar refractivity (Wildman–Crippen MR) is 59.0 cm³/mol. The summed E-state index contributed by atoms with van der Waals surface area (Å²) in [6.45, 7) is 0. The molecule has 0 radical (unpaired) electrons. The first kappa shape index (κ1) is 11.7. The van der Waals surface area contributed by atoms with E-state index in [0.717, 1.165) is 6.07 Å². The lowest BCUT2D eigenvalue weighted by atomic mass is 10.0. The van der Waals surface area contributed by atoms with E-state index < -0.39 is 17.4 Å². The molecule has 0 unspecified atom stereocenters. The van der Waals surface area contributed by atoms with Crippen LogP contribution in [0.3, 0.4) is 0 Å². The topological polar surface area (TPSA) is 30.0 Å². The molecule has 0 aliphatic carbocycles. The third-order valence-electron chi connectivity index (χ3n) is 2.19. The molecule has 2 rings (SSSR count). The Morgan fingerprint density at radius 1 is 1.18 bits per heavy atom. The number of benzene rings is 1. The summed E-state index contributed by atoms with van der Waals surface area (Å²) in [5.74, 6) is -2.85. The van der Waals surface area contributed by atoms with Crippen LogP contribution in [0.4, 0.5) is 8.78 Å². The number of pyridine rings is 1. The second kappa shape index (κ2) is 4.59. The van der Waals surface area contributed by atoms with Crippen molar-refractivity contribution in [2.24, 2.45) is 0 Å². The lowest BCUT2D eigenvalue weighted by molar-refractivity contribution is 0.103. The van der Waals surface area contributed by atoms with Gasteiger partial charge in [0, 0.05) is 11.8 Å². The van der Waals surface area contributed by atoms with Crippen molar-refractivity contribution in [2.45, 2.75) is 0 Å². The van der Waals surface area contributed by atoms with Gasteiger partial charge in [-0.15, -0.1) is 0 Å². The first-order valence-corrected chi connectivity index (χ1v) is 5.07. The van der Waals surface area contributed by atoms with Crippen LogP contribution in [0.1, 0.15) is 15.9 Å². The number of aromatic nitrogens is 1. The average Bonchev–Trinajstić information content (AvgIpc) is 2.33. The Balaban J connectivity index is 2.44. The number of ketones is 1. The van der Waals surface area contributed by atoms with Gasteiger partial charge in [-0.1, -0.05) is 17.7 Å². The summed E-state index contributed by atoms with van der Waals surface area (Å²) in [6.07, 6.45) is 1.22. The molecule has 0 atom stereocenters. The van der Waals surface area contributed by atoms with E-state index in [-0.39, 0.29) is 16.3 Å². The molecule has 0 bridgehead atoms. The Morgan fingerprint density at radius 3 is 2.59 bits per heavy atom. The first-order chi connectivity index (χ1) is 8.09. The highest BCUT2D eigenvalue weighted by Gasteiger charge is 2.16. The highest BCUT2D eigenvalue weighted by atomic mass is 35.5. The van der Waals surface area contributed by atoms with Crippen molar-refractivity contribution in [1.29, 1.82) is 0 Å². The van der Waals surface area contributed by atoms with Crippen LogP contribution in [0, 0.1) is 11.6 Å². The van der Waals surface area contributed by atoms with Gasteiger partial charge < -0.3 is 0 Å². The number of carbonyl (C=O) groups is 1. The Morgan fingerprint density at radius 2 is 1.94 bits per heavy atom. The highest BCUT2D eigenvalue weighted by Crippen LogP contribution is 2.16. The zero-order valence-electron chi connectivity index (χ0n) is 8.45. The van der Waals surface area contributed by atoms with Crippen molar-refractivity contribution in [1.82, 2.24) is 4.98 Å². The van der Waals surface area contributed by atoms with Gasteiger partial charge in [-0.3, -0.25) is 4.79 Å². The molecule has 17 heavy (non-hydrogen) atoms. The molecule has 1 aromatic heterocycles. The Labute approximate surface area is 101 Å². The van der Waals surface area contributed by atoms with Crippen LogP contribution in [0.5, 0.6) is 0 Å². The minimum absolute atomic E-state index is 0.152. The minimum Gasteiger partial charge on any atom is -0.288 e. The molecule has 0 aliphatic heterocycles. The second-order valence-corrected chi connectivity index (χ2v) is 3.69. The van der Waals surface area contributed by atoms with Crippen LogP contribution in [0.15, 0.2) is 36.5 Å². The van der Waals surface area contributed by atoms with E-state index in [1.54, 1.807) is 0 Å². The molecule has 2 nitrogen and oxygen atoms in total. The van der Waals surface area contributed by atoms with Gasteiger partial charge in [0.2, 0.25) is 0 Å². The van der Waals surface area contributed by atoms with Gasteiger partial charge in [0.05, 0.1) is 5.56 Å². The van der Waals surface area contributed by atoms with Crippen LogP contribution in [0.2, 0.25) is 5.15 Å². The van der Waals surface area contributed by atoms with Gasteiger partial charge in [-0.05, 0) is 24.3 Å². The molecule has 0 saturated carbocycles. The van der Waals surface area contributed by atoms with Crippen molar-refractivity contribution in [3.8, 4) is 0 Å². The van der Waals surface area contributed by atoms with Gasteiger partial charge in [0.25, 0.3) is 0 Å². The van der Waals surface area contributed by atoms with Crippen LogP contribution < -0.4 is 0 Å². The maximum Gasteiger partial charge on any atom is 0.197 e. The monoisotopic (exact) mass is 253 g/mol. The summed E-state index contributed by atoms with van der Waals surface area (Å²) < 4.78 is 26.3. The van der Waals surface area contributed by atoms with Crippen molar-refractivity contribution in [3.63, 3.8) is 0 Å². The summed E-state index contributed by atoms with van der Waals surface area (Å²) >= 11 is 5.56. The fourth-order valence-electron chi connectivity index (χ4n) is 1.34. The highest BCUT2D eigenvalue weighted by molar-refractivity contribution is 6.29. The number of hydrogen-bond acceptors (Lipinski definition) is 2. The van der Waals surface area contributed by atoms with Crippen LogP contribution >= 0.6 is 11.6 Å². The molecule has 1 aromatic carbocycles. The van der Waals surface area contributed by atoms with Crippen LogP contribution in [-0.2, 0) is 0 Å². The summed E-state index contributed by atoms with van der Waals surface area (Å²) in [7, 11) is 0. The Kier molecular flexibility index (Phi) is 3.15. The van der Waals surface area contributed by atoms with E-state index in [2.05, 4.69) is 4.98 Å². The van der Waals surface area contributed by atoms with Gasteiger partial charge in [0.1, 0.15) is 5.15 Å². The largest absolute Gasteiger partial charge is 0.288 e. The molecular formula is C12H6ClF2NO. The average molecular weight is 254 g/mol. The van der Waals surface area contributed by atoms with Gasteiger partial charge in [-0.25, -0.2) is 13.8 Å². The van der Waals surface area contributed by atoms with E-state index in [4.69, 9.17) is 11.6 Å². The van der Waals surface area contributed by atoms with Crippen LogP contribution in [0.25, 0.3) is 0 Å². The van der Waals surface area contributed by atoms with E-state index in [9.17, 15) is 13.6 Å². The Bertz CT molecular complexity index is 569. The zero-order valence-corrected chi connectivity index (χ0v) is 9.21. The van der Waals surface area contributed by atoms with Crippen molar-refractivity contribution in [2.75, 3.05) is 0 Å². The number of carbonyl (C=O) groups excluding carboxylic acids is 1. The quantitative estimate of drug-likeness (QED) is 0.607. The summed E-state index contributed by atoms with van der Waals surface area (Å²) in [6, 6.07) is 6.25. The molecule has 0 spiro atoms. The molecule has 0 aliphatic rings. The molecule has 0 N–H and O–H groups in total. The molecule has 1 heterocycles. The predicted octanol–water partition coefficient (Wildman–Crippen LogP) is 3.24. The fraction of sp³-hybridized carbons (Fsp3) is 0. The molecule has 0 saturated heterocycles. The smallest absolute Gasteiger partial charge is 0.197 e. The number of rotatable bonds is 2. The van der Waals surface area contributed by atoms with E-state index >= 15 is 0 Å². The van der Waals surface area contributed by atoms with Crippen molar-refractivity contribution >= 4 is 17.4 Å². The van der Waals surface area contributed by atoms with Gasteiger partial charge in [-0.2, -0.15) is 0 Å². The number of nitrogens with zero attached hydrogens (tertiary/aromatic N) is 1. The maximum atomic E-state index is 13.4. The third-order valence-corrected chi connectivity index (χ3v) is 2.41. The molecule has 0 fully saturated rings. The molecule has 86 valence electrons. The van der Waals surface area contributed by atoms with E-state index in [0.29, 0.717) is 0 Å². The zero-order chi connectivity index (χ0) is 12.4. The molecule has 5 heteroatoms. The summed E-state index contributed by atoms with van der Waals surface area (Å²) in [4.78, 5) is 15.5. The van der Waals surface area contributed by atoms with E-state index in [1.807, 2.05) is 0 Å². The number of hydrogen-bond donors (Lipinski definition) is 0. The summed E-state index contributed by atoms with van der Waals surface area (Å²) in [5.41, 5.74) is -0.173. The molecule has 2 aromatic rings. The molecular weight excluding hydrogens is 248 g/mol. The number of halogens is 3. The summed E-state index contributed by atoms with van der Waals surface area (Å²) in [5, 5.41) is 0.223. The standard InChI is InChI=1S/C12H6ClF2NO/c13-10-5-4-7(6-16-10)12(17)8-2-1-3-9(14)11(8)15/h1-6H. The normalized spacial score (nSPS) is 10.3. The lowest BCUT2D eigenvalue weighted by Gasteiger charge is -2.02. The SMILES string of the molecule is O=C(c1ccc(Cl)nc1)c1cccc(F)c1F. The van der Waals surface area contributed by atoms with Crippen LogP contribution in [-0.4, -0.2) is 10.8 Å². The van der Waals surface area contributed by atoms with Crippen molar-refractivity contribution in [3.05, 3.63) is 64.4 Å². The van der Waals surface area contributed by atoms with Crippen molar-refractivity contribution < 1.29 is 13.6 Å². The third kappa shape index (κ3) is 2.31. The molecule has 0 amide bonds. The lowest BCUT2D eigenvalue weighted by Crippen LogP contribution is -2.06. The fourth-order valence-corrected chi connectivity index (χ4v) is 1.46. The Hall–Kier alpha value is -1.81.